The van der Waals surface area contributed by atoms with Crippen LogP contribution in [-0.4, -0.2) is 41.2 Å². The summed E-state index contributed by atoms with van der Waals surface area (Å²) in [4.78, 5) is 51.6. The summed E-state index contributed by atoms with van der Waals surface area (Å²) in [5.41, 5.74) is 2.04. The van der Waals surface area contributed by atoms with Gasteiger partial charge in [0.05, 0.1) is 11.1 Å². The van der Waals surface area contributed by atoms with Crippen molar-refractivity contribution in [1.29, 1.82) is 0 Å². The zero-order valence-electron chi connectivity index (χ0n) is 17.5. The van der Waals surface area contributed by atoms with Crippen molar-refractivity contribution in [2.45, 2.75) is 33.2 Å². The highest BCUT2D eigenvalue weighted by Crippen LogP contribution is 2.27. The highest BCUT2D eigenvalue weighted by atomic mass is 79.9. The lowest BCUT2D eigenvalue weighted by molar-refractivity contribution is -0.151. The summed E-state index contributed by atoms with van der Waals surface area (Å²) in [7, 11) is 0. The zero-order chi connectivity index (χ0) is 22.7. The minimum atomic E-state index is -1.10. The largest absolute Gasteiger partial charge is 0.454 e. The first-order valence-electron chi connectivity index (χ1n) is 9.88. The van der Waals surface area contributed by atoms with Gasteiger partial charge in [-0.25, -0.2) is 4.79 Å². The highest BCUT2D eigenvalue weighted by molar-refractivity contribution is 9.10. The van der Waals surface area contributed by atoms with Crippen LogP contribution in [0, 0.1) is 12.8 Å². The second kappa shape index (κ2) is 9.43. The Balaban J connectivity index is 1.69. The predicted octanol–water partition coefficient (Wildman–Crippen LogP) is 3.95. The van der Waals surface area contributed by atoms with Gasteiger partial charge in [-0.3, -0.25) is 19.3 Å². The molecule has 1 heterocycles. The van der Waals surface area contributed by atoms with E-state index in [4.69, 9.17) is 4.74 Å². The third kappa shape index (κ3) is 5.02. The summed E-state index contributed by atoms with van der Waals surface area (Å²) in [5.74, 6) is -2.34. The maximum absolute atomic E-state index is 12.8. The van der Waals surface area contributed by atoms with Crippen LogP contribution in [0.3, 0.4) is 0 Å². The van der Waals surface area contributed by atoms with Gasteiger partial charge in [0.2, 0.25) is 0 Å². The predicted molar refractivity (Wildman–Crippen MR) is 119 cm³/mol. The topological polar surface area (TPSA) is 92.8 Å². The molecule has 0 aromatic heterocycles. The van der Waals surface area contributed by atoms with E-state index in [-0.39, 0.29) is 23.5 Å². The van der Waals surface area contributed by atoms with Crippen LogP contribution in [0.2, 0.25) is 0 Å². The van der Waals surface area contributed by atoms with E-state index in [9.17, 15) is 19.2 Å². The molecule has 8 heteroatoms. The minimum absolute atomic E-state index is 0.0152. The molecule has 0 bridgehead atoms. The number of hydrogen-bond donors (Lipinski definition) is 1. The van der Waals surface area contributed by atoms with Gasteiger partial charge in [-0.15, -0.1) is 0 Å². The molecule has 7 nitrogen and oxygen atoms in total. The number of halogens is 1. The minimum Gasteiger partial charge on any atom is -0.454 e. The Labute approximate surface area is 188 Å². The fourth-order valence-corrected chi connectivity index (χ4v) is 3.64. The lowest BCUT2D eigenvalue weighted by Crippen LogP contribution is -2.46. The number of imide groups is 1. The number of hydrogen-bond acceptors (Lipinski definition) is 5. The summed E-state index contributed by atoms with van der Waals surface area (Å²) < 4.78 is 6.11. The second-order valence-electron chi connectivity index (χ2n) is 7.79. The van der Waals surface area contributed by atoms with Crippen molar-refractivity contribution in [2.24, 2.45) is 5.92 Å². The Morgan fingerprint density at radius 3 is 2.23 bits per heavy atom. The molecule has 0 fully saturated rings. The number of carbonyl (C=O) groups excluding carboxylic acids is 4. The number of amides is 3. The molecule has 0 saturated carbocycles. The SMILES string of the molecule is Cc1cc(NC(=O)COC(=O)[C@H](CC(C)C)N2C(=O)c3ccccc3C2=O)ccc1Br. The van der Waals surface area contributed by atoms with Crippen LogP contribution >= 0.6 is 15.9 Å². The maximum Gasteiger partial charge on any atom is 0.329 e. The van der Waals surface area contributed by atoms with E-state index >= 15 is 0 Å². The molecule has 162 valence electrons. The van der Waals surface area contributed by atoms with Crippen molar-refractivity contribution in [2.75, 3.05) is 11.9 Å². The number of benzene rings is 2. The molecule has 2 aromatic rings. The van der Waals surface area contributed by atoms with Gasteiger partial charge in [0.25, 0.3) is 17.7 Å². The fourth-order valence-electron chi connectivity index (χ4n) is 3.40. The van der Waals surface area contributed by atoms with E-state index in [2.05, 4.69) is 21.2 Å². The monoisotopic (exact) mass is 486 g/mol. The van der Waals surface area contributed by atoms with Gasteiger partial charge in [-0.05, 0) is 55.2 Å². The molecule has 31 heavy (non-hydrogen) atoms. The van der Waals surface area contributed by atoms with E-state index < -0.39 is 36.3 Å². The first kappa shape index (κ1) is 22.7. The number of anilines is 1. The van der Waals surface area contributed by atoms with E-state index in [0.717, 1.165) is 14.9 Å². The number of esters is 1. The lowest BCUT2D eigenvalue weighted by Gasteiger charge is -2.25. The van der Waals surface area contributed by atoms with Crippen molar-refractivity contribution in [3.05, 3.63) is 63.6 Å². The molecule has 1 atom stereocenters. The lowest BCUT2D eigenvalue weighted by atomic mass is 10.0. The van der Waals surface area contributed by atoms with Crippen LogP contribution in [-0.2, 0) is 14.3 Å². The van der Waals surface area contributed by atoms with Crippen LogP contribution in [0.1, 0.15) is 46.5 Å². The van der Waals surface area contributed by atoms with E-state index in [1.165, 1.54) is 0 Å². The molecule has 3 amide bonds. The van der Waals surface area contributed by atoms with Gasteiger partial charge in [0.15, 0.2) is 6.61 Å². The highest BCUT2D eigenvalue weighted by Gasteiger charge is 2.43. The number of ether oxygens (including phenoxy) is 1. The molecule has 1 aliphatic heterocycles. The molecule has 0 unspecified atom stereocenters. The van der Waals surface area contributed by atoms with Crippen LogP contribution in [0.15, 0.2) is 46.9 Å². The summed E-state index contributed by atoms with van der Waals surface area (Å²) in [6.07, 6.45) is 0.234. The number of rotatable bonds is 7. The Morgan fingerprint density at radius 2 is 1.68 bits per heavy atom. The summed E-state index contributed by atoms with van der Waals surface area (Å²) in [5, 5.41) is 2.66. The van der Waals surface area contributed by atoms with Crippen LogP contribution in [0.4, 0.5) is 5.69 Å². The van der Waals surface area contributed by atoms with Crippen molar-refractivity contribution in [3.8, 4) is 0 Å². The van der Waals surface area contributed by atoms with E-state index in [1.807, 2.05) is 20.8 Å². The number of carbonyl (C=O) groups is 4. The standard InChI is InChI=1S/C23H23BrN2O5/c1-13(2)10-19(26-21(28)16-6-4-5-7-17(16)22(26)29)23(30)31-12-20(27)25-15-8-9-18(24)14(3)11-15/h4-9,11,13,19H,10,12H2,1-3H3,(H,25,27)/t19-/m0/s1. The first-order chi connectivity index (χ1) is 14.7. The van der Waals surface area contributed by atoms with Gasteiger partial charge in [0, 0.05) is 10.2 Å². The Hall–Kier alpha value is -3.00. The quantitative estimate of drug-likeness (QED) is 0.472. The molecular weight excluding hydrogens is 464 g/mol. The fraction of sp³-hybridized carbons (Fsp3) is 0.304. The van der Waals surface area contributed by atoms with Gasteiger partial charge >= 0.3 is 5.97 Å². The third-order valence-electron chi connectivity index (χ3n) is 4.89. The van der Waals surface area contributed by atoms with Gasteiger partial charge in [-0.2, -0.15) is 0 Å². The smallest absolute Gasteiger partial charge is 0.329 e. The summed E-state index contributed by atoms with van der Waals surface area (Å²) in [6, 6.07) is 10.6. The molecule has 3 rings (SSSR count). The molecule has 0 saturated heterocycles. The van der Waals surface area contributed by atoms with Gasteiger partial charge in [-0.1, -0.05) is 41.9 Å². The van der Waals surface area contributed by atoms with Crippen LogP contribution in [0.5, 0.6) is 0 Å². The maximum atomic E-state index is 12.8. The average Bonchev–Trinajstić information content (AvgIpc) is 2.98. The molecule has 1 N–H and O–H groups in total. The van der Waals surface area contributed by atoms with Crippen molar-refractivity contribution in [1.82, 2.24) is 4.90 Å². The molecule has 1 aliphatic rings. The number of aryl methyl sites for hydroxylation is 1. The molecule has 0 radical (unpaired) electrons. The van der Waals surface area contributed by atoms with Gasteiger partial charge in [0.1, 0.15) is 6.04 Å². The van der Waals surface area contributed by atoms with Crippen LogP contribution < -0.4 is 5.32 Å². The van der Waals surface area contributed by atoms with Crippen molar-refractivity contribution >= 4 is 45.3 Å². The van der Waals surface area contributed by atoms with Crippen molar-refractivity contribution in [3.63, 3.8) is 0 Å². The van der Waals surface area contributed by atoms with E-state index in [0.29, 0.717) is 5.69 Å². The second-order valence-corrected chi connectivity index (χ2v) is 8.65. The zero-order valence-corrected chi connectivity index (χ0v) is 19.1. The average molecular weight is 487 g/mol. The number of nitrogens with one attached hydrogen (secondary N) is 1. The van der Waals surface area contributed by atoms with Crippen LogP contribution in [0.25, 0.3) is 0 Å². The summed E-state index contributed by atoms with van der Waals surface area (Å²) >= 11 is 3.39. The summed E-state index contributed by atoms with van der Waals surface area (Å²) in [6.45, 7) is 5.12. The van der Waals surface area contributed by atoms with Gasteiger partial charge < -0.3 is 10.1 Å². The molecule has 2 aromatic carbocycles. The van der Waals surface area contributed by atoms with Crippen molar-refractivity contribution < 1.29 is 23.9 Å². The number of nitrogens with zero attached hydrogens (tertiary/aromatic N) is 1. The number of fused-ring (bicyclic) bond motifs is 1. The Bertz CT molecular complexity index is 1020. The molecule has 0 spiro atoms. The van der Waals surface area contributed by atoms with E-state index in [1.54, 1.807) is 42.5 Å². The molecule has 0 aliphatic carbocycles. The normalized spacial score (nSPS) is 13.9. The first-order valence-corrected chi connectivity index (χ1v) is 10.7. The Morgan fingerprint density at radius 1 is 1.06 bits per heavy atom. The molecular formula is C23H23BrN2O5. The third-order valence-corrected chi connectivity index (χ3v) is 5.78. The Kier molecular flexibility index (Phi) is 6.90.